The predicted molar refractivity (Wildman–Crippen MR) is 91.6 cm³/mol. The molecular weight excluding hydrogens is 310 g/mol. The first-order valence-corrected chi connectivity index (χ1v) is 7.52. The Labute approximate surface area is 139 Å². The molecule has 5 heteroatoms. The van der Waals surface area contributed by atoms with Gasteiger partial charge in [0.2, 0.25) is 5.89 Å². The molecule has 116 valence electrons. The molecule has 0 saturated heterocycles. The zero-order valence-electron chi connectivity index (χ0n) is 12.5. The van der Waals surface area contributed by atoms with Gasteiger partial charge in [0.1, 0.15) is 5.75 Å². The first kappa shape index (κ1) is 15.4. The summed E-state index contributed by atoms with van der Waals surface area (Å²) in [6.45, 7) is 0. The zero-order valence-corrected chi connectivity index (χ0v) is 13.4. The first-order chi connectivity index (χ1) is 11.2. The third-order valence-corrected chi connectivity index (χ3v) is 3.61. The van der Waals surface area contributed by atoms with E-state index in [1.807, 2.05) is 48.5 Å². The summed E-state index contributed by atoms with van der Waals surface area (Å²) < 4.78 is 10.7. The fourth-order valence-corrected chi connectivity index (χ4v) is 2.40. The number of ether oxygens (including phenoxy) is 1. The van der Waals surface area contributed by atoms with Crippen molar-refractivity contribution in [2.24, 2.45) is 0 Å². The van der Waals surface area contributed by atoms with Crippen molar-refractivity contribution < 1.29 is 13.9 Å². The van der Waals surface area contributed by atoms with Crippen molar-refractivity contribution in [2.75, 3.05) is 7.11 Å². The highest BCUT2D eigenvalue weighted by Gasteiger charge is 2.09. The molecule has 3 aromatic rings. The van der Waals surface area contributed by atoms with Gasteiger partial charge in [-0.2, -0.15) is 0 Å². The van der Waals surface area contributed by atoms with Gasteiger partial charge < -0.3 is 9.15 Å². The molecule has 0 saturated carbocycles. The normalized spacial score (nSPS) is 10.5. The van der Waals surface area contributed by atoms with Crippen molar-refractivity contribution in [2.45, 2.75) is 6.42 Å². The molecule has 0 aliphatic rings. The molecular formula is C18H15NO3S. The number of carbonyl (C=O) groups excluding carboxylic acids is 1. The molecule has 0 unspecified atom stereocenters. The average Bonchev–Trinajstić information content (AvgIpc) is 3.03. The van der Waals surface area contributed by atoms with E-state index in [9.17, 15) is 4.79 Å². The number of benzene rings is 2. The molecule has 23 heavy (non-hydrogen) atoms. The van der Waals surface area contributed by atoms with Crippen LogP contribution in [0, 0.1) is 0 Å². The Morgan fingerprint density at radius 3 is 2.17 bits per heavy atom. The van der Waals surface area contributed by atoms with E-state index in [1.165, 1.54) is 0 Å². The smallest absolute Gasteiger partial charge is 0.203 e. The Bertz CT molecular complexity index is 807. The molecule has 0 bridgehead atoms. The maximum atomic E-state index is 11.0. The maximum Gasteiger partial charge on any atom is 0.203 e. The number of rotatable bonds is 5. The summed E-state index contributed by atoms with van der Waals surface area (Å²) >= 11 is 3.73. The zero-order chi connectivity index (χ0) is 16.2. The monoisotopic (exact) mass is 325 g/mol. The van der Waals surface area contributed by atoms with E-state index in [0.717, 1.165) is 22.4 Å². The lowest BCUT2D eigenvalue weighted by Crippen LogP contribution is -1.92. The average molecular weight is 325 g/mol. The van der Waals surface area contributed by atoms with Crippen LogP contribution in [-0.4, -0.2) is 17.2 Å². The molecule has 0 fully saturated rings. The lowest BCUT2D eigenvalue weighted by molar-refractivity contribution is -0.110. The SMILES string of the molecule is COc1ccc(-c2ccc(-c3cnc(CC(=O)S)o3)cc2)cc1. The van der Waals surface area contributed by atoms with Crippen LogP contribution in [0.1, 0.15) is 5.89 Å². The fourth-order valence-electron chi connectivity index (χ4n) is 2.27. The fraction of sp³-hybridized carbons (Fsp3) is 0.111. The van der Waals surface area contributed by atoms with E-state index >= 15 is 0 Å². The summed E-state index contributed by atoms with van der Waals surface area (Å²) in [4.78, 5) is 15.0. The highest BCUT2D eigenvalue weighted by atomic mass is 32.1. The van der Waals surface area contributed by atoms with Gasteiger partial charge in [-0.3, -0.25) is 4.79 Å². The lowest BCUT2D eigenvalue weighted by atomic mass is 10.0. The van der Waals surface area contributed by atoms with Crippen molar-refractivity contribution in [3.63, 3.8) is 0 Å². The van der Waals surface area contributed by atoms with Crippen molar-refractivity contribution >= 4 is 17.7 Å². The third-order valence-electron chi connectivity index (χ3n) is 3.45. The van der Waals surface area contributed by atoms with Gasteiger partial charge in [0, 0.05) is 5.56 Å². The molecule has 0 aliphatic heterocycles. The summed E-state index contributed by atoms with van der Waals surface area (Å²) in [7, 11) is 1.65. The van der Waals surface area contributed by atoms with Crippen LogP contribution < -0.4 is 4.74 Å². The molecule has 0 atom stereocenters. The lowest BCUT2D eigenvalue weighted by Gasteiger charge is -2.04. The molecule has 0 amide bonds. The summed E-state index contributed by atoms with van der Waals surface area (Å²) in [6.07, 6.45) is 1.71. The number of carbonyl (C=O) groups is 1. The minimum Gasteiger partial charge on any atom is -0.497 e. The minimum absolute atomic E-state index is 0.0903. The van der Waals surface area contributed by atoms with Gasteiger partial charge in [-0.05, 0) is 23.3 Å². The van der Waals surface area contributed by atoms with E-state index in [4.69, 9.17) is 9.15 Å². The van der Waals surface area contributed by atoms with Gasteiger partial charge >= 0.3 is 0 Å². The van der Waals surface area contributed by atoms with E-state index in [-0.39, 0.29) is 11.5 Å². The van der Waals surface area contributed by atoms with Crippen LogP contribution in [0.2, 0.25) is 0 Å². The molecule has 0 aliphatic carbocycles. The van der Waals surface area contributed by atoms with Gasteiger partial charge in [0.05, 0.1) is 19.7 Å². The highest BCUT2D eigenvalue weighted by Crippen LogP contribution is 2.26. The van der Waals surface area contributed by atoms with Crippen LogP contribution in [0.3, 0.4) is 0 Å². The number of nitrogens with zero attached hydrogens (tertiary/aromatic N) is 1. The summed E-state index contributed by atoms with van der Waals surface area (Å²) in [6, 6.07) is 15.9. The molecule has 0 spiro atoms. The third kappa shape index (κ3) is 3.63. The summed E-state index contributed by atoms with van der Waals surface area (Å²) in [5, 5.41) is -0.270. The molecule has 1 heterocycles. The molecule has 1 aromatic heterocycles. The largest absolute Gasteiger partial charge is 0.497 e. The van der Waals surface area contributed by atoms with Crippen molar-refractivity contribution in [1.82, 2.24) is 4.98 Å². The number of thiol groups is 1. The Morgan fingerprint density at radius 2 is 1.61 bits per heavy atom. The standard InChI is InChI=1S/C18H15NO3S/c1-21-15-8-6-13(7-9-15)12-2-4-14(5-3-12)16-11-19-17(22-16)10-18(20)23/h2-9,11H,10H2,1H3,(H,20,23). The predicted octanol–water partition coefficient (Wildman–Crippen LogP) is 4.02. The second-order valence-electron chi connectivity index (χ2n) is 4.99. The summed E-state index contributed by atoms with van der Waals surface area (Å²) in [5.74, 6) is 1.84. The molecule has 0 radical (unpaired) electrons. The van der Waals surface area contributed by atoms with Gasteiger partial charge in [-0.15, -0.1) is 12.6 Å². The minimum atomic E-state index is -0.270. The Hall–Kier alpha value is -2.53. The van der Waals surface area contributed by atoms with E-state index in [0.29, 0.717) is 11.7 Å². The Morgan fingerprint density at radius 1 is 1.04 bits per heavy atom. The van der Waals surface area contributed by atoms with Gasteiger partial charge in [-0.25, -0.2) is 4.98 Å². The number of aromatic nitrogens is 1. The Kier molecular flexibility index (Phi) is 4.48. The second kappa shape index (κ2) is 6.71. The van der Waals surface area contributed by atoms with Crippen LogP contribution >= 0.6 is 12.6 Å². The Balaban J connectivity index is 1.81. The molecule has 4 nitrogen and oxygen atoms in total. The van der Waals surface area contributed by atoms with Gasteiger partial charge in [0.15, 0.2) is 10.9 Å². The molecule has 0 N–H and O–H groups in total. The number of oxazole rings is 1. The topological polar surface area (TPSA) is 52.3 Å². The van der Waals surface area contributed by atoms with Crippen molar-refractivity contribution in [3.05, 3.63) is 60.6 Å². The number of hydrogen-bond donors (Lipinski definition) is 1. The number of hydrogen-bond acceptors (Lipinski definition) is 4. The van der Waals surface area contributed by atoms with Crippen LogP contribution in [0.5, 0.6) is 5.75 Å². The van der Waals surface area contributed by atoms with E-state index in [1.54, 1.807) is 13.3 Å². The maximum absolute atomic E-state index is 11.0. The van der Waals surface area contributed by atoms with E-state index in [2.05, 4.69) is 17.6 Å². The second-order valence-corrected chi connectivity index (χ2v) is 5.49. The molecule has 2 aromatic carbocycles. The van der Waals surface area contributed by atoms with Crippen molar-refractivity contribution in [3.8, 4) is 28.2 Å². The van der Waals surface area contributed by atoms with Crippen LogP contribution in [-0.2, 0) is 11.2 Å². The summed E-state index contributed by atoms with van der Waals surface area (Å²) in [5.41, 5.74) is 3.12. The van der Waals surface area contributed by atoms with Crippen LogP contribution in [0.25, 0.3) is 22.5 Å². The van der Waals surface area contributed by atoms with Gasteiger partial charge in [-0.1, -0.05) is 36.4 Å². The number of methoxy groups -OCH3 is 1. The van der Waals surface area contributed by atoms with Crippen LogP contribution in [0.15, 0.2) is 59.1 Å². The quantitative estimate of drug-likeness (QED) is 0.720. The highest BCUT2D eigenvalue weighted by molar-refractivity contribution is 7.96. The van der Waals surface area contributed by atoms with E-state index < -0.39 is 0 Å². The first-order valence-electron chi connectivity index (χ1n) is 7.07. The van der Waals surface area contributed by atoms with Gasteiger partial charge in [0.25, 0.3) is 0 Å². The van der Waals surface area contributed by atoms with Crippen LogP contribution in [0.4, 0.5) is 0 Å². The van der Waals surface area contributed by atoms with Crippen molar-refractivity contribution in [1.29, 1.82) is 0 Å². The molecule has 3 rings (SSSR count).